The molecule has 7 heteroatoms. The Hall–Kier alpha value is -2.93. The number of rotatable bonds is 5. The lowest BCUT2D eigenvalue weighted by molar-refractivity contribution is 0.559. The molecule has 2 heterocycles. The molecule has 6 nitrogen and oxygen atoms in total. The van der Waals surface area contributed by atoms with Crippen molar-refractivity contribution < 1.29 is 4.42 Å². The van der Waals surface area contributed by atoms with Crippen LogP contribution in [0, 0.1) is 13.8 Å². The summed E-state index contributed by atoms with van der Waals surface area (Å²) in [7, 11) is 0. The maximum Gasteiger partial charge on any atom is 0.336 e. The summed E-state index contributed by atoms with van der Waals surface area (Å²) < 4.78 is 7.14. The van der Waals surface area contributed by atoms with Crippen LogP contribution in [0.5, 0.6) is 0 Å². The summed E-state index contributed by atoms with van der Waals surface area (Å²) in [4.78, 5) is 12.0. The molecule has 0 aliphatic rings. The number of aromatic nitrogens is 4. The summed E-state index contributed by atoms with van der Waals surface area (Å²) in [5.41, 5.74) is 5.52. The molecule has 4 rings (SSSR count). The van der Waals surface area contributed by atoms with Gasteiger partial charge in [-0.3, -0.25) is 0 Å². The van der Waals surface area contributed by atoms with Gasteiger partial charge in [-0.15, -0.1) is 5.10 Å². The van der Waals surface area contributed by atoms with Gasteiger partial charge in [0, 0.05) is 17.2 Å². The third kappa shape index (κ3) is 3.57. The van der Waals surface area contributed by atoms with E-state index in [1.807, 2.05) is 26.0 Å². The highest BCUT2D eigenvalue weighted by atomic mass is 32.2. The predicted molar refractivity (Wildman–Crippen MR) is 110 cm³/mol. The fourth-order valence-electron chi connectivity index (χ4n) is 3.12. The Kier molecular flexibility index (Phi) is 5.00. The van der Waals surface area contributed by atoms with Crippen molar-refractivity contribution in [3.05, 3.63) is 75.1 Å². The van der Waals surface area contributed by atoms with Gasteiger partial charge >= 0.3 is 5.63 Å². The van der Waals surface area contributed by atoms with E-state index in [1.54, 1.807) is 10.7 Å². The van der Waals surface area contributed by atoms with Crippen LogP contribution in [0.25, 0.3) is 16.7 Å². The predicted octanol–water partition coefficient (Wildman–Crippen LogP) is 4.24. The zero-order chi connectivity index (χ0) is 19.7. The van der Waals surface area contributed by atoms with Gasteiger partial charge in [0.1, 0.15) is 5.58 Å². The van der Waals surface area contributed by atoms with Gasteiger partial charge in [-0.25, -0.2) is 4.79 Å². The first kappa shape index (κ1) is 18.4. The summed E-state index contributed by atoms with van der Waals surface area (Å²) in [5, 5.41) is 13.8. The molecule has 0 N–H and O–H groups in total. The average molecular weight is 392 g/mol. The Morgan fingerprint density at radius 1 is 1.11 bits per heavy atom. The molecule has 0 radical (unpaired) electrons. The second-order valence-corrected chi connectivity index (χ2v) is 7.67. The summed E-state index contributed by atoms with van der Waals surface area (Å²) in [6.07, 6.45) is 0.892. The van der Waals surface area contributed by atoms with E-state index in [2.05, 4.69) is 46.7 Å². The maximum absolute atomic E-state index is 12.0. The molecule has 0 unspecified atom stereocenters. The van der Waals surface area contributed by atoms with Gasteiger partial charge < -0.3 is 4.42 Å². The van der Waals surface area contributed by atoms with Crippen LogP contribution in [0.4, 0.5) is 0 Å². The normalized spacial score (nSPS) is 11.2. The van der Waals surface area contributed by atoms with Crippen LogP contribution in [0.3, 0.4) is 0 Å². The molecule has 0 saturated carbocycles. The van der Waals surface area contributed by atoms with Gasteiger partial charge in [0.2, 0.25) is 5.16 Å². The molecule has 142 valence electrons. The van der Waals surface area contributed by atoms with E-state index in [9.17, 15) is 4.79 Å². The van der Waals surface area contributed by atoms with E-state index in [-0.39, 0.29) is 5.63 Å². The molecule has 2 aromatic carbocycles. The van der Waals surface area contributed by atoms with Crippen molar-refractivity contribution in [2.24, 2.45) is 0 Å². The molecule has 28 heavy (non-hydrogen) atoms. The smallest absolute Gasteiger partial charge is 0.336 e. The quantitative estimate of drug-likeness (QED) is 0.374. The van der Waals surface area contributed by atoms with Crippen molar-refractivity contribution in [2.75, 3.05) is 0 Å². The molecule has 2 aromatic heterocycles. The van der Waals surface area contributed by atoms with E-state index < -0.39 is 0 Å². The van der Waals surface area contributed by atoms with Crippen molar-refractivity contribution in [2.45, 2.75) is 38.1 Å². The van der Waals surface area contributed by atoms with Crippen LogP contribution in [-0.2, 0) is 12.2 Å². The zero-order valence-electron chi connectivity index (χ0n) is 16.0. The van der Waals surface area contributed by atoms with Gasteiger partial charge in [-0.2, -0.15) is 4.68 Å². The monoisotopic (exact) mass is 392 g/mol. The number of tetrazole rings is 1. The molecular formula is C21H20N4O2S. The summed E-state index contributed by atoms with van der Waals surface area (Å²) in [6, 6.07) is 13.8. The van der Waals surface area contributed by atoms with Crippen molar-refractivity contribution >= 4 is 22.7 Å². The van der Waals surface area contributed by atoms with E-state index in [0.29, 0.717) is 16.5 Å². The molecule has 4 aromatic rings. The third-order valence-corrected chi connectivity index (χ3v) is 5.66. The Morgan fingerprint density at radius 3 is 2.79 bits per heavy atom. The molecule has 0 bridgehead atoms. The highest BCUT2D eigenvalue weighted by molar-refractivity contribution is 7.98. The minimum Gasteiger partial charge on any atom is -0.423 e. The SMILES string of the molecule is CCc1ccc2c(CSc3nnnn3-c3cc(C)ccc3C)cc(=O)oc2c1. The van der Waals surface area contributed by atoms with E-state index >= 15 is 0 Å². The Bertz CT molecular complexity index is 1210. The third-order valence-electron chi connectivity index (χ3n) is 4.69. The first-order valence-electron chi connectivity index (χ1n) is 9.09. The van der Waals surface area contributed by atoms with Gasteiger partial charge in [0.05, 0.1) is 5.69 Å². The average Bonchev–Trinajstić information content (AvgIpc) is 3.15. The van der Waals surface area contributed by atoms with Crippen LogP contribution >= 0.6 is 11.8 Å². The van der Waals surface area contributed by atoms with E-state index in [1.165, 1.54) is 11.8 Å². The number of aryl methyl sites for hydroxylation is 3. The highest BCUT2D eigenvalue weighted by Gasteiger charge is 2.13. The Balaban J connectivity index is 1.67. The van der Waals surface area contributed by atoms with Crippen molar-refractivity contribution in [3.8, 4) is 5.69 Å². The van der Waals surface area contributed by atoms with Crippen molar-refractivity contribution in [1.82, 2.24) is 20.2 Å². The van der Waals surface area contributed by atoms with Crippen LogP contribution in [0.1, 0.15) is 29.2 Å². The fourth-order valence-corrected chi connectivity index (χ4v) is 4.00. The first-order valence-corrected chi connectivity index (χ1v) is 10.1. The zero-order valence-corrected chi connectivity index (χ0v) is 16.8. The lowest BCUT2D eigenvalue weighted by atomic mass is 10.1. The van der Waals surface area contributed by atoms with Gasteiger partial charge in [-0.1, -0.05) is 43.0 Å². The molecule has 0 atom stereocenters. The van der Waals surface area contributed by atoms with Crippen LogP contribution in [-0.4, -0.2) is 20.2 Å². The second kappa shape index (κ2) is 7.59. The number of hydrogen-bond donors (Lipinski definition) is 0. The second-order valence-electron chi connectivity index (χ2n) is 6.73. The molecule has 0 spiro atoms. The van der Waals surface area contributed by atoms with Crippen LogP contribution in [0.15, 0.2) is 56.8 Å². The largest absolute Gasteiger partial charge is 0.423 e. The van der Waals surface area contributed by atoms with Crippen molar-refractivity contribution in [3.63, 3.8) is 0 Å². The first-order chi connectivity index (χ1) is 13.5. The standard InChI is InChI=1S/C21H20N4O2S/c1-4-15-7-8-17-16(11-20(26)27-19(17)10-15)12-28-21-22-23-24-25(21)18-9-13(2)5-6-14(18)3/h5-11H,4,12H2,1-3H3. The number of thioether (sulfide) groups is 1. The van der Waals surface area contributed by atoms with Gasteiger partial charge in [0.25, 0.3) is 0 Å². The molecule has 0 fully saturated rings. The molecule has 0 saturated heterocycles. The molecule has 0 aliphatic heterocycles. The topological polar surface area (TPSA) is 73.8 Å². The lowest BCUT2D eigenvalue weighted by Crippen LogP contribution is -2.03. The summed E-state index contributed by atoms with van der Waals surface area (Å²) in [5.74, 6) is 0.568. The summed E-state index contributed by atoms with van der Waals surface area (Å²) in [6.45, 7) is 6.15. The minimum atomic E-state index is -0.342. The fraction of sp³-hybridized carbons (Fsp3) is 0.238. The Morgan fingerprint density at radius 2 is 1.96 bits per heavy atom. The minimum absolute atomic E-state index is 0.342. The molecular weight excluding hydrogens is 372 g/mol. The van der Waals surface area contributed by atoms with Crippen LogP contribution in [0.2, 0.25) is 0 Å². The van der Waals surface area contributed by atoms with Crippen molar-refractivity contribution in [1.29, 1.82) is 0 Å². The number of fused-ring (bicyclic) bond motifs is 1. The number of nitrogens with zero attached hydrogens (tertiary/aromatic N) is 4. The van der Waals surface area contributed by atoms with Gasteiger partial charge in [-0.05, 0) is 65.1 Å². The lowest BCUT2D eigenvalue weighted by Gasteiger charge is -2.09. The van der Waals surface area contributed by atoms with Gasteiger partial charge in [0.15, 0.2) is 0 Å². The van der Waals surface area contributed by atoms with E-state index in [0.717, 1.165) is 39.7 Å². The maximum atomic E-state index is 12.0. The Labute approximate surface area is 166 Å². The molecule has 0 aliphatic carbocycles. The number of benzene rings is 2. The molecule has 0 amide bonds. The highest BCUT2D eigenvalue weighted by Crippen LogP contribution is 2.27. The van der Waals surface area contributed by atoms with E-state index in [4.69, 9.17) is 4.42 Å². The van der Waals surface area contributed by atoms with Crippen LogP contribution < -0.4 is 5.63 Å². The summed E-state index contributed by atoms with van der Waals surface area (Å²) >= 11 is 1.50. The number of hydrogen-bond acceptors (Lipinski definition) is 6.